The molecule has 0 radical (unpaired) electrons. The first kappa shape index (κ1) is 14.1. The van der Waals surface area contributed by atoms with Crippen molar-refractivity contribution >= 4 is 16.8 Å². The lowest BCUT2D eigenvalue weighted by Crippen LogP contribution is -2.11. The van der Waals surface area contributed by atoms with Gasteiger partial charge >= 0.3 is 0 Å². The van der Waals surface area contributed by atoms with Gasteiger partial charge in [0.05, 0.1) is 5.52 Å². The van der Waals surface area contributed by atoms with Crippen LogP contribution in [-0.4, -0.2) is 20.8 Å². The maximum atomic E-state index is 11.6. The highest BCUT2D eigenvalue weighted by atomic mass is 16.3. The Balaban J connectivity index is 2.44. The summed E-state index contributed by atoms with van der Waals surface area (Å²) in [4.78, 5) is 11.6. The highest BCUT2D eigenvalue weighted by molar-refractivity contribution is 6.03. The number of carbonyl (C=O) groups excluding carboxylic acids is 1. The number of nitrogens with zero attached hydrogens (tertiary/aromatic N) is 2. The highest BCUT2D eigenvalue weighted by Gasteiger charge is 2.16. The molecule has 3 rings (SSSR count). The van der Waals surface area contributed by atoms with Gasteiger partial charge in [-0.05, 0) is 54.3 Å². The Morgan fingerprint density at radius 3 is 2.68 bits per heavy atom. The van der Waals surface area contributed by atoms with Crippen molar-refractivity contribution in [1.29, 1.82) is 0 Å². The molecular formula is C17H17N3O2. The highest BCUT2D eigenvalue weighted by Crippen LogP contribution is 2.37. The molecule has 0 atom stereocenters. The summed E-state index contributed by atoms with van der Waals surface area (Å²) in [5, 5.41) is 15.3. The van der Waals surface area contributed by atoms with Gasteiger partial charge in [-0.25, -0.2) is 0 Å². The molecule has 1 aromatic heterocycles. The molecule has 0 aliphatic carbocycles. The van der Waals surface area contributed by atoms with Crippen molar-refractivity contribution in [3.05, 3.63) is 47.2 Å². The molecule has 3 N–H and O–H groups in total. The van der Waals surface area contributed by atoms with Crippen LogP contribution in [0.4, 0.5) is 0 Å². The second-order valence-corrected chi connectivity index (χ2v) is 5.53. The maximum Gasteiger partial charge on any atom is 0.248 e. The first-order valence-electron chi connectivity index (χ1n) is 6.95. The molecule has 5 heteroatoms. The third-order valence-electron chi connectivity index (χ3n) is 3.94. The van der Waals surface area contributed by atoms with Crippen molar-refractivity contribution < 1.29 is 9.90 Å². The van der Waals surface area contributed by atoms with Gasteiger partial charge in [0.25, 0.3) is 0 Å². The van der Waals surface area contributed by atoms with Gasteiger partial charge in [0.1, 0.15) is 5.75 Å². The maximum absolute atomic E-state index is 11.6. The van der Waals surface area contributed by atoms with E-state index in [4.69, 9.17) is 5.73 Å². The number of phenolic OH excluding ortho intramolecular Hbond substituents is 1. The zero-order valence-corrected chi connectivity index (χ0v) is 12.7. The molecule has 0 unspecified atom stereocenters. The van der Waals surface area contributed by atoms with E-state index in [1.54, 1.807) is 22.9 Å². The number of benzene rings is 2. The summed E-state index contributed by atoms with van der Waals surface area (Å²) < 4.78 is 1.70. The number of primary amides is 1. The molecule has 0 aliphatic rings. The molecule has 1 amide bonds. The third kappa shape index (κ3) is 2.11. The Bertz CT molecular complexity index is 910. The molecule has 2 aromatic carbocycles. The zero-order chi connectivity index (χ0) is 16.0. The van der Waals surface area contributed by atoms with Gasteiger partial charge in [0.2, 0.25) is 5.91 Å². The van der Waals surface area contributed by atoms with Gasteiger partial charge < -0.3 is 10.8 Å². The summed E-state index contributed by atoms with van der Waals surface area (Å²) in [5.41, 5.74) is 10.1. The summed E-state index contributed by atoms with van der Waals surface area (Å²) in [6.07, 6.45) is 1.90. The number of carbonyl (C=O) groups is 1. The van der Waals surface area contributed by atoms with Gasteiger partial charge in [-0.15, -0.1) is 0 Å². The average Bonchev–Trinajstić information content (AvgIpc) is 2.83. The number of nitrogens with two attached hydrogens (primary N) is 1. The van der Waals surface area contributed by atoms with E-state index in [2.05, 4.69) is 5.10 Å². The fourth-order valence-electron chi connectivity index (χ4n) is 2.84. The van der Waals surface area contributed by atoms with E-state index in [1.165, 1.54) is 0 Å². The fourth-order valence-corrected chi connectivity index (χ4v) is 2.84. The number of amides is 1. The van der Waals surface area contributed by atoms with E-state index >= 15 is 0 Å². The van der Waals surface area contributed by atoms with E-state index in [1.807, 2.05) is 33.2 Å². The van der Waals surface area contributed by atoms with Crippen molar-refractivity contribution in [2.75, 3.05) is 0 Å². The van der Waals surface area contributed by atoms with E-state index in [0.717, 1.165) is 27.6 Å². The molecule has 22 heavy (non-hydrogen) atoms. The topological polar surface area (TPSA) is 81.1 Å². The second-order valence-electron chi connectivity index (χ2n) is 5.53. The predicted molar refractivity (Wildman–Crippen MR) is 85.8 cm³/mol. The first-order valence-corrected chi connectivity index (χ1v) is 6.95. The Kier molecular flexibility index (Phi) is 3.13. The van der Waals surface area contributed by atoms with E-state index in [-0.39, 0.29) is 5.75 Å². The summed E-state index contributed by atoms with van der Waals surface area (Å²) in [5.74, 6) is -0.272. The van der Waals surface area contributed by atoms with Gasteiger partial charge in [-0.2, -0.15) is 5.10 Å². The lowest BCUT2D eigenvalue weighted by Gasteiger charge is -2.13. The summed E-state index contributed by atoms with van der Waals surface area (Å²) >= 11 is 0. The van der Waals surface area contributed by atoms with Crippen LogP contribution < -0.4 is 5.73 Å². The summed E-state index contributed by atoms with van der Waals surface area (Å²) in [6, 6.07) is 6.99. The minimum Gasteiger partial charge on any atom is -0.508 e. The standard InChI is InChI=1S/C17H17N3O2/c1-9-4-5-15(21)10(2)16(9)12-6-11(17(18)22)7-14-13(12)8-20(3)19-14/h4-8,21H,1-3H3,(H2,18,22). The van der Waals surface area contributed by atoms with Crippen molar-refractivity contribution in [1.82, 2.24) is 9.78 Å². The minimum atomic E-state index is -0.496. The fraction of sp³-hybridized carbons (Fsp3) is 0.176. The van der Waals surface area contributed by atoms with Crippen LogP contribution >= 0.6 is 0 Å². The van der Waals surface area contributed by atoms with E-state index in [0.29, 0.717) is 11.1 Å². The monoisotopic (exact) mass is 295 g/mol. The Hall–Kier alpha value is -2.82. The minimum absolute atomic E-state index is 0.224. The summed E-state index contributed by atoms with van der Waals surface area (Å²) in [7, 11) is 1.83. The molecule has 0 fully saturated rings. The number of aromatic hydroxyl groups is 1. The van der Waals surface area contributed by atoms with Crippen LogP contribution in [0.3, 0.4) is 0 Å². The van der Waals surface area contributed by atoms with E-state index in [9.17, 15) is 9.90 Å². The normalized spacial score (nSPS) is 11.0. The molecule has 0 bridgehead atoms. The largest absolute Gasteiger partial charge is 0.508 e. The Morgan fingerprint density at radius 1 is 1.27 bits per heavy atom. The number of hydrogen-bond donors (Lipinski definition) is 2. The molecule has 5 nitrogen and oxygen atoms in total. The molecule has 0 aliphatic heterocycles. The average molecular weight is 295 g/mol. The van der Waals surface area contributed by atoms with Crippen molar-refractivity contribution in [2.45, 2.75) is 13.8 Å². The van der Waals surface area contributed by atoms with Crippen molar-refractivity contribution in [2.24, 2.45) is 12.8 Å². The molecule has 1 heterocycles. The van der Waals surface area contributed by atoms with Crippen LogP contribution in [0, 0.1) is 13.8 Å². The van der Waals surface area contributed by atoms with Crippen LogP contribution in [0.1, 0.15) is 21.5 Å². The lowest BCUT2D eigenvalue weighted by molar-refractivity contribution is 0.100. The van der Waals surface area contributed by atoms with Crippen LogP contribution in [0.5, 0.6) is 5.75 Å². The van der Waals surface area contributed by atoms with Crippen LogP contribution in [0.25, 0.3) is 22.0 Å². The number of fused-ring (bicyclic) bond motifs is 1. The lowest BCUT2D eigenvalue weighted by atomic mass is 9.91. The molecule has 0 saturated carbocycles. The second kappa shape index (κ2) is 4.87. The van der Waals surface area contributed by atoms with Gasteiger partial charge in [0, 0.05) is 24.2 Å². The third-order valence-corrected chi connectivity index (χ3v) is 3.94. The van der Waals surface area contributed by atoms with Gasteiger partial charge in [0.15, 0.2) is 0 Å². The van der Waals surface area contributed by atoms with Crippen molar-refractivity contribution in [3.8, 4) is 16.9 Å². The first-order chi connectivity index (χ1) is 10.4. The summed E-state index contributed by atoms with van der Waals surface area (Å²) in [6.45, 7) is 3.83. The SMILES string of the molecule is Cc1ccc(O)c(C)c1-c1cc(C(N)=O)cc2nn(C)cc12. The molecule has 0 saturated heterocycles. The van der Waals surface area contributed by atoms with Crippen LogP contribution in [0.2, 0.25) is 0 Å². The van der Waals surface area contributed by atoms with Crippen molar-refractivity contribution in [3.63, 3.8) is 0 Å². The van der Waals surface area contributed by atoms with E-state index < -0.39 is 5.91 Å². The van der Waals surface area contributed by atoms with Crippen LogP contribution in [0.15, 0.2) is 30.5 Å². The smallest absolute Gasteiger partial charge is 0.248 e. The number of rotatable bonds is 2. The Labute approximate surface area is 128 Å². The number of aryl methyl sites for hydroxylation is 2. The zero-order valence-electron chi connectivity index (χ0n) is 12.7. The molecule has 0 spiro atoms. The van der Waals surface area contributed by atoms with Crippen LogP contribution in [-0.2, 0) is 7.05 Å². The predicted octanol–water partition coefficient (Wildman–Crippen LogP) is 2.66. The number of phenols is 1. The number of aromatic nitrogens is 2. The number of hydrogen-bond acceptors (Lipinski definition) is 3. The molecule has 3 aromatic rings. The Morgan fingerprint density at radius 2 is 2.00 bits per heavy atom. The van der Waals surface area contributed by atoms with Gasteiger partial charge in [-0.3, -0.25) is 9.48 Å². The molecular weight excluding hydrogens is 278 g/mol. The quantitative estimate of drug-likeness (QED) is 0.762. The van der Waals surface area contributed by atoms with Gasteiger partial charge in [-0.1, -0.05) is 6.07 Å². The molecule has 112 valence electrons.